The van der Waals surface area contributed by atoms with Gasteiger partial charge in [-0.15, -0.1) is 11.3 Å². The van der Waals surface area contributed by atoms with E-state index in [-0.39, 0.29) is 0 Å². The maximum absolute atomic E-state index is 5.79. The summed E-state index contributed by atoms with van der Waals surface area (Å²) in [6, 6.07) is 1.98. The van der Waals surface area contributed by atoms with Crippen molar-refractivity contribution < 1.29 is 0 Å². The molecule has 0 spiro atoms. The van der Waals surface area contributed by atoms with E-state index in [2.05, 4.69) is 18.3 Å². The molecule has 0 radical (unpaired) electrons. The van der Waals surface area contributed by atoms with Crippen molar-refractivity contribution in [3.63, 3.8) is 0 Å². The van der Waals surface area contributed by atoms with E-state index in [9.17, 15) is 0 Å². The van der Waals surface area contributed by atoms with Crippen LogP contribution in [0.5, 0.6) is 0 Å². The molecule has 0 saturated heterocycles. The minimum Gasteiger partial charge on any atom is -0.316 e. The molecule has 0 saturated carbocycles. The Labute approximate surface area is 82.1 Å². The van der Waals surface area contributed by atoms with E-state index in [0.717, 1.165) is 11.6 Å². The summed E-state index contributed by atoms with van der Waals surface area (Å²) < 4.78 is 0. The summed E-state index contributed by atoms with van der Waals surface area (Å²) in [4.78, 5) is 1.22. The molecule has 3 heteroatoms. The summed E-state index contributed by atoms with van der Waals surface area (Å²) in [7, 11) is 1.94. The van der Waals surface area contributed by atoms with Crippen LogP contribution in [0.25, 0.3) is 6.08 Å². The highest BCUT2D eigenvalue weighted by Crippen LogP contribution is 2.21. The number of nitrogens with one attached hydrogen (secondary N) is 1. The molecule has 0 unspecified atom stereocenters. The van der Waals surface area contributed by atoms with Gasteiger partial charge in [0.15, 0.2) is 0 Å². The minimum atomic E-state index is 0.823. The Balaban J connectivity index is 2.67. The van der Waals surface area contributed by atoms with Gasteiger partial charge in [0.1, 0.15) is 0 Å². The predicted octanol–water partition coefficient (Wildman–Crippen LogP) is 3.02. The SMILES string of the molecule is CNCC(C)=Cc1cc(Cl)cs1. The zero-order valence-corrected chi connectivity index (χ0v) is 8.80. The molecule has 0 atom stereocenters. The van der Waals surface area contributed by atoms with E-state index in [1.165, 1.54) is 10.5 Å². The largest absolute Gasteiger partial charge is 0.316 e. The number of hydrogen-bond acceptors (Lipinski definition) is 2. The molecule has 12 heavy (non-hydrogen) atoms. The molecule has 1 aromatic heterocycles. The maximum atomic E-state index is 5.79. The molecule has 1 nitrogen and oxygen atoms in total. The summed E-state index contributed by atoms with van der Waals surface area (Å²) in [5.74, 6) is 0. The predicted molar refractivity (Wildman–Crippen MR) is 56.9 cm³/mol. The molecule has 1 N–H and O–H groups in total. The molecule has 1 rings (SSSR count). The lowest BCUT2D eigenvalue weighted by molar-refractivity contribution is 0.885. The van der Waals surface area contributed by atoms with Crippen LogP contribution >= 0.6 is 22.9 Å². The molecule has 1 heterocycles. The van der Waals surface area contributed by atoms with Gasteiger partial charge < -0.3 is 5.32 Å². The van der Waals surface area contributed by atoms with Crippen molar-refractivity contribution in [2.45, 2.75) is 6.92 Å². The highest BCUT2D eigenvalue weighted by Gasteiger charge is 1.94. The quantitative estimate of drug-likeness (QED) is 0.793. The van der Waals surface area contributed by atoms with E-state index < -0.39 is 0 Å². The van der Waals surface area contributed by atoms with Gasteiger partial charge in [-0.25, -0.2) is 0 Å². The van der Waals surface area contributed by atoms with Crippen LogP contribution < -0.4 is 5.32 Å². The molecule has 0 bridgehead atoms. The lowest BCUT2D eigenvalue weighted by Crippen LogP contribution is -2.08. The second-order valence-electron chi connectivity index (χ2n) is 2.69. The molecule has 66 valence electrons. The summed E-state index contributed by atoms with van der Waals surface area (Å²) in [6.45, 7) is 3.03. The van der Waals surface area contributed by atoms with Crippen molar-refractivity contribution >= 4 is 29.0 Å². The average Bonchev–Trinajstić information content (AvgIpc) is 2.36. The molecule has 0 aromatic carbocycles. The van der Waals surface area contributed by atoms with Crippen molar-refractivity contribution in [1.29, 1.82) is 0 Å². The normalized spacial score (nSPS) is 12.1. The van der Waals surface area contributed by atoms with Gasteiger partial charge in [-0.2, -0.15) is 0 Å². The van der Waals surface area contributed by atoms with Crippen LogP contribution in [0.4, 0.5) is 0 Å². The number of hydrogen-bond donors (Lipinski definition) is 1. The molecule has 0 fully saturated rings. The highest BCUT2D eigenvalue weighted by atomic mass is 35.5. The lowest BCUT2D eigenvalue weighted by Gasteiger charge is -1.96. The van der Waals surface area contributed by atoms with Crippen LogP contribution in [-0.4, -0.2) is 13.6 Å². The van der Waals surface area contributed by atoms with Gasteiger partial charge in [0.25, 0.3) is 0 Å². The van der Waals surface area contributed by atoms with Crippen LogP contribution in [0.2, 0.25) is 5.02 Å². The van der Waals surface area contributed by atoms with Crippen LogP contribution in [0.1, 0.15) is 11.8 Å². The van der Waals surface area contributed by atoms with Gasteiger partial charge in [0.05, 0.1) is 5.02 Å². The first kappa shape index (κ1) is 9.78. The number of thiophene rings is 1. The fourth-order valence-electron chi connectivity index (χ4n) is 0.977. The van der Waals surface area contributed by atoms with E-state index >= 15 is 0 Å². The van der Waals surface area contributed by atoms with Gasteiger partial charge >= 0.3 is 0 Å². The van der Waals surface area contributed by atoms with Crippen molar-refractivity contribution in [3.8, 4) is 0 Å². The van der Waals surface area contributed by atoms with Gasteiger partial charge in [0, 0.05) is 16.8 Å². The second kappa shape index (κ2) is 4.65. The van der Waals surface area contributed by atoms with Crippen LogP contribution in [0.3, 0.4) is 0 Å². The summed E-state index contributed by atoms with van der Waals surface area (Å²) in [6.07, 6.45) is 2.15. The maximum Gasteiger partial charge on any atom is 0.0519 e. The van der Waals surface area contributed by atoms with Crippen molar-refractivity contribution in [1.82, 2.24) is 5.32 Å². The molecule has 1 aromatic rings. The molecule has 0 aliphatic rings. The molecular formula is C9H12ClNS. The molecule has 0 aliphatic heterocycles. The summed E-state index contributed by atoms with van der Waals surface area (Å²) in [5, 5.41) is 5.87. The lowest BCUT2D eigenvalue weighted by atomic mass is 10.2. The van der Waals surface area contributed by atoms with Crippen LogP contribution in [-0.2, 0) is 0 Å². The average molecular weight is 202 g/mol. The minimum absolute atomic E-state index is 0.823. The van der Waals surface area contributed by atoms with Gasteiger partial charge in [-0.05, 0) is 26.1 Å². The summed E-state index contributed by atoms with van der Waals surface area (Å²) in [5.41, 5.74) is 1.32. The van der Waals surface area contributed by atoms with Gasteiger partial charge in [-0.1, -0.05) is 17.2 Å². The summed E-state index contributed by atoms with van der Waals surface area (Å²) >= 11 is 7.45. The topological polar surface area (TPSA) is 12.0 Å². The molecule has 0 aliphatic carbocycles. The Kier molecular flexibility index (Phi) is 3.79. The van der Waals surface area contributed by atoms with E-state index in [1.807, 2.05) is 18.5 Å². The van der Waals surface area contributed by atoms with Crippen LogP contribution in [0, 0.1) is 0 Å². The Morgan fingerprint density at radius 3 is 3.00 bits per heavy atom. The Hall–Kier alpha value is -0.310. The first-order valence-corrected chi connectivity index (χ1v) is 5.04. The van der Waals surface area contributed by atoms with E-state index in [0.29, 0.717) is 0 Å². The molecule has 0 amide bonds. The molecular weight excluding hydrogens is 190 g/mol. The first-order chi connectivity index (χ1) is 5.72. The second-order valence-corrected chi connectivity index (χ2v) is 4.07. The Bertz CT molecular complexity index is 278. The third-order valence-corrected chi connectivity index (χ3v) is 2.66. The Morgan fingerprint density at radius 2 is 2.50 bits per heavy atom. The van der Waals surface area contributed by atoms with Crippen molar-refractivity contribution in [2.75, 3.05) is 13.6 Å². The Morgan fingerprint density at radius 1 is 1.75 bits per heavy atom. The zero-order chi connectivity index (χ0) is 8.97. The van der Waals surface area contributed by atoms with E-state index in [4.69, 9.17) is 11.6 Å². The third-order valence-electron chi connectivity index (χ3n) is 1.43. The fraction of sp³-hybridized carbons (Fsp3) is 0.333. The smallest absolute Gasteiger partial charge is 0.0519 e. The van der Waals surface area contributed by atoms with Crippen molar-refractivity contribution in [2.24, 2.45) is 0 Å². The first-order valence-electron chi connectivity index (χ1n) is 3.78. The fourth-order valence-corrected chi connectivity index (χ4v) is 2.07. The number of halogens is 1. The third kappa shape index (κ3) is 2.97. The van der Waals surface area contributed by atoms with Gasteiger partial charge in [-0.3, -0.25) is 0 Å². The highest BCUT2D eigenvalue weighted by molar-refractivity contribution is 7.11. The van der Waals surface area contributed by atoms with E-state index in [1.54, 1.807) is 11.3 Å². The van der Waals surface area contributed by atoms with Gasteiger partial charge in [0.2, 0.25) is 0 Å². The van der Waals surface area contributed by atoms with Crippen LogP contribution in [0.15, 0.2) is 17.0 Å². The standard InChI is InChI=1S/C9H12ClNS/c1-7(5-11-2)3-9-4-8(10)6-12-9/h3-4,6,11H,5H2,1-2H3. The number of likely N-dealkylation sites (N-methyl/N-ethyl adjacent to an activating group) is 1. The number of rotatable bonds is 3. The zero-order valence-electron chi connectivity index (χ0n) is 7.23. The van der Waals surface area contributed by atoms with Crippen molar-refractivity contribution in [3.05, 3.63) is 26.9 Å². The monoisotopic (exact) mass is 201 g/mol.